The molecule has 0 spiro atoms. The molecule has 1 aliphatic heterocycles. The number of para-hydroxylation sites is 2. The van der Waals surface area contributed by atoms with Crippen LogP contribution in [0, 0.1) is 0 Å². The molecule has 0 atom stereocenters. The third kappa shape index (κ3) is 5.25. The first kappa shape index (κ1) is 21.7. The Balaban J connectivity index is 1.21. The summed E-state index contributed by atoms with van der Waals surface area (Å²) in [5, 5.41) is 3.19. The van der Waals surface area contributed by atoms with E-state index in [0.29, 0.717) is 0 Å². The molecule has 5 rings (SSSR count). The monoisotopic (exact) mass is 440 g/mol. The van der Waals surface area contributed by atoms with Gasteiger partial charge in [-0.25, -0.2) is 0 Å². The van der Waals surface area contributed by atoms with Crippen molar-refractivity contribution in [2.45, 2.75) is 32.1 Å². The summed E-state index contributed by atoms with van der Waals surface area (Å²) < 4.78 is 0. The largest absolute Gasteiger partial charge is 0.367 e. The van der Waals surface area contributed by atoms with E-state index in [0.717, 1.165) is 68.9 Å². The van der Waals surface area contributed by atoms with Crippen LogP contribution in [0.3, 0.4) is 0 Å². The highest BCUT2D eigenvalue weighted by atomic mass is 16.1. The molecule has 1 N–H and O–H groups in total. The Hall–Kier alpha value is -3.18. The molecule has 170 valence electrons. The Kier molecular flexibility index (Phi) is 6.68. The lowest BCUT2D eigenvalue weighted by Gasteiger charge is -2.37. The molecule has 2 aliphatic rings. The second-order valence-corrected chi connectivity index (χ2v) is 9.10. The maximum Gasteiger partial charge on any atom is 0.255 e. The molecule has 5 nitrogen and oxygen atoms in total. The van der Waals surface area contributed by atoms with E-state index in [9.17, 15) is 4.79 Å². The second-order valence-electron chi connectivity index (χ2n) is 9.10. The Labute approximate surface area is 196 Å². The first-order valence-electron chi connectivity index (χ1n) is 12.1. The number of carbonyl (C=O) groups excluding carboxylic acids is 1. The zero-order chi connectivity index (χ0) is 22.5. The van der Waals surface area contributed by atoms with Crippen LogP contribution in [0.2, 0.25) is 0 Å². The minimum Gasteiger partial charge on any atom is -0.367 e. The molecule has 33 heavy (non-hydrogen) atoms. The van der Waals surface area contributed by atoms with Gasteiger partial charge in [-0.1, -0.05) is 18.2 Å². The SMILES string of the molecule is O=C(Nc1ccccc1N1CCN(CCc2ccncc2)CC1)c1ccc2c(c1)CCCC2. The maximum absolute atomic E-state index is 13.1. The quantitative estimate of drug-likeness (QED) is 0.610. The molecule has 1 fully saturated rings. The van der Waals surface area contributed by atoms with E-state index in [1.807, 2.05) is 30.6 Å². The first-order chi connectivity index (χ1) is 16.3. The number of benzene rings is 2. The molecule has 0 unspecified atom stereocenters. The van der Waals surface area contributed by atoms with Crippen LogP contribution in [0.15, 0.2) is 67.0 Å². The summed E-state index contributed by atoms with van der Waals surface area (Å²) in [6, 6.07) is 18.6. The Bertz CT molecular complexity index is 1090. The van der Waals surface area contributed by atoms with E-state index in [2.05, 4.69) is 56.5 Å². The molecule has 1 saturated heterocycles. The van der Waals surface area contributed by atoms with Crippen LogP contribution < -0.4 is 10.2 Å². The number of pyridine rings is 1. The van der Waals surface area contributed by atoms with Gasteiger partial charge in [0.1, 0.15) is 0 Å². The van der Waals surface area contributed by atoms with Crippen molar-refractivity contribution in [2.24, 2.45) is 0 Å². The highest BCUT2D eigenvalue weighted by molar-refractivity contribution is 6.06. The van der Waals surface area contributed by atoms with Gasteiger partial charge >= 0.3 is 0 Å². The molecule has 0 saturated carbocycles. The van der Waals surface area contributed by atoms with Gasteiger partial charge in [-0.3, -0.25) is 14.7 Å². The van der Waals surface area contributed by atoms with E-state index < -0.39 is 0 Å². The predicted octanol–water partition coefficient (Wildman–Crippen LogP) is 4.58. The molecule has 1 amide bonds. The van der Waals surface area contributed by atoms with Crippen LogP contribution in [0.5, 0.6) is 0 Å². The van der Waals surface area contributed by atoms with Crippen molar-refractivity contribution in [3.05, 3.63) is 89.2 Å². The van der Waals surface area contributed by atoms with Crippen LogP contribution in [0.4, 0.5) is 11.4 Å². The first-order valence-corrected chi connectivity index (χ1v) is 12.1. The average molecular weight is 441 g/mol. The predicted molar refractivity (Wildman–Crippen MR) is 134 cm³/mol. The van der Waals surface area contributed by atoms with E-state index in [1.165, 1.54) is 29.5 Å². The topological polar surface area (TPSA) is 48.5 Å². The van der Waals surface area contributed by atoms with Crippen LogP contribution in [-0.2, 0) is 19.3 Å². The van der Waals surface area contributed by atoms with Crippen molar-refractivity contribution < 1.29 is 4.79 Å². The normalized spacial score (nSPS) is 16.3. The van der Waals surface area contributed by atoms with Gasteiger partial charge in [0.2, 0.25) is 0 Å². The highest BCUT2D eigenvalue weighted by Gasteiger charge is 2.20. The van der Waals surface area contributed by atoms with E-state index in [1.54, 1.807) is 0 Å². The van der Waals surface area contributed by atoms with Crippen molar-refractivity contribution in [3.8, 4) is 0 Å². The number of fused-ring (bicyclic) bond motifs is 1. The van der Waals surface area contributed by atoms with Crippen molar-refractivity contribution >= 4 is 17.3 Å². The maximum atomic E-state index is 13.1. The minimum absolute atomic E-state index is 0.0215. The summed E-state index contributed by atoms with van der Waals surface area (Å²) in [5.74, 6) is -0.0215. The second kappa shape index (κ2) is 10.2. The van der Waals surface area contributed by atoms with Crippen molar-refractivity contribution in [1.29, 1.82) is 0 Å². The summed E-state index contributed by atoms with van der Waals surface area (Å²) in [6.45, 7) is 5.04. The lowest BCUT2D eigenvalue weighted by Crippen LogP contribution is -2.47. The number of rotatable bonds is 6. The Morgan fingerprint density at radius 2 is 1.64 bits per heavy atom. The highest BCUT2D eigenvalue weighted by Crippen LogP contribution is 2.28. The molecule has 5 heteroatoms. The molecule has 1 aromatic heterocycles. The summed E-state index contributed by atoms with van der Waals surface area (Å²) in [6.07, 6.45) is 9.46. The number of nitrogens with zero attached hydrogens (tertiary/aromatic N) is 3. The third-order valence-electron chi connectivity index (χ3n) is 6.94. The van der Waals surface area contributed by atoms with Crippen LogP contribution >= 0.6 is 0 Å². The Morgan fingerprint density at radius 3 is 2.45 bits per heavy atom. The fraction of sp³-hybridized carbons (Fsp3) is 0.357. The number of anilines is 2. The number of nitrogens with one attached hydrogen (secondary N) is 1. The van der Waals surface area contributed by atoms with Gasteiger partial charge in [-0.15, -0.1) is 0 Å². The molecule has 0 radical (unpaired) electrons. The van der Waals surface area contributed by atoms with Gasteiger partial charge < -0.3 is 10.2 Å². The smallest absolute Gasteiger partial charge is 0.255 e. The summed E-state index contributed by atoms with van der Waals surface area (Å²) in [5.41, 5.74) is 6.84. The molecular weight excluding hydrogens is 408 g/mol. The fourth-order valence-corrected chi connectivity index (χ4v) is 4.97. The number of hydrogen-bond donors (Lipinski definition) is 1. The zero-order valence-electron chi connectivity index (χ0n) is 19.2. The van der Waals surface area contributed by atoms with Crippen LogP contribution in [-0.4, -0.2) is 48.5 Å². The van der Waals surface area contributed by atoms with Crippen molar-refractivity contribution in [3.63, 3.8) is 0 Å². The van der Waals surface area contributed by atoms with Gasteiger partial charge in [-0.05, 0) is 85.2 Å². The summed E-state index contributed by atoms with van der Waals surface area (Å²) in [7, 11) is 0. The zero-order valence-corrected chi connectivity index (χ0v) is 19.2. The minimum atomic E-state index is -0.0215. The fourth-order valence-electron chi connectivity index (χ4n) is 4.97. The van der Waals surface area contributed by atoms with Crippen LogP contribution in [0.25, 0.3) is 0 Å². The van der Waals surface area contributed by atoms with Gasteiger partial charge in [0.05, 0.1) is 11.4 Å². The third-order valence-corrected chi connectivity index (χ3v) is 6.94. The molecule has 0 bridgehead atoms. The molecular formula is C28H32N4O. The number of aryl methyl sites for hydroxylation is 2. The number of aromatic nitrogens is 1. The summed E-state index contributed by atoms with van der Waals surface area (Å²) in [4.78, 5) is 22.1. The van der Waals surface area contributed by atoms with Gasteiger partial charge in [0.25, 0.3) is 5.91 Å². The number of hydrogen-bond acceptors (Lipinski definition) is 4. The number of carbonyl (C=O) groups is 1. The Morgan fingerprint density at radius 1 is 0.879 bits per heavy atom. The van der Waals surface area contributed by atoms with E-state index in [-0.39, 0.29) is 5.91 Å². The molecule has 2 heterocycles. The van der Waals surface area contributed by atoms with E-state index >= 15 is 0 Å². The van der Waals surface area contributed by atoms with E-state index in [4.69, 9.17) is 0 Å². The van der Waals surface area contributed by atoms with Crippen molar-refractivity contribution in [2.75, 3.05) is 42.9 Å². The van der Waals surface area contributed by atoms with Gasteiger partial charge in [0, 0.05) is 50.7 Å². The lowest BCUT2D eigenvalue weighted by atomic mass is 9.90. The standard InChI is InChI=1S/C28H32N4O/c33-28(25-10-9-23-5-1-2-6-24(23)21-25)30-26-7-3-4-8-27(26)32-19-17-31(18-20-32)16-13-22-11-14-29-15-12-22/h3-4,7-12,14-15,21H,1-2,5-6,13,16-20H2,(H,30,33). The number of piperazine rings is 1. The lowest BCUT2D eigenvalue weighted by molar-refractivity contribution is 0.102. The van der Waals surface area contributed by atoms with Crippen molar-refractivity contribution in [1.82, 2.24) is 9.88 Å². The van der Waals surface area contributed by atoms with Gasteiger partial charge in [-0.2, -0.15) is 0 Å². The summed E-state index contributed by atoms with van der Waals surface area (Å²) >= 11 is 0. The molecule has 3 aromatic rings. The molecule has 2 aromatic carbocycles. The van der Waals surface area contributed by atoms with Gasteiger partial charge in [0.15, 0.2) is 0 Å². The average Bonchev–Trinajstić information content (AvgIpc) is 2.88. The number of amides is 1. The molecule has 1 aliphatic carbocycles. The van der Waals surface area contributed by atoms with Crippen LogP contribution in [0.1, 0.15) is 39.9 Å².